The van der Waals surface area contributed by atoms with Gasteiger partial charge in [0.1, 0.15) is 5.82 Å². The molecule has 0 unspecified atom stereocenters. The molecule has 100 valence electrons. The van der Waals surface area contributed by atoms with Gasteiger partial charge in [0.25, 0.3) is 0 Å². The standard InChI is InChI=1S/C13H17BrFNO2/c1-8-5-9(14)10(15)6-11(8)16-7-13(2,3)12(17)18-4/h5-6,16H,7H2,1-4H3. The van der Waals surface area contributed by atoms with E-state index in [1.165, 1.54) is 13.2 Å². The van der Waals surface area contributed by atoms with E-state index in [0.717, 1.165) is 5.56 Å². The van der Waals surface area contributed by atoms with Gasteiger partial charge >= 0.3 is 5.97 Å². The van der Waals surface area contributed by atoms with Crippen LogP contribution >= 0.6 is 15.9 Å². The lowest BCUT2D eigenvalue weighted by atomic mass is 9.93. The summed E-state index contributed by atoms with van der Waals surface area (Å²) < 4.78 is 18.6. The number of methoxy groups -OCH3 is 1. The van der Waals surface area contributed by atoms with Crippen molar-refractivity contribution in [3.63, 3.8) is 0 Å². The SMILES string of the molecule is COC(=O)C(C)(C)CNc1cc(F)c(Br)cc1C. The maximum absolute atomic E-state index is 13.4. The molecule has 1 aromatic rings. The Morgan fingerprint density at radius 2 is 2.11 bits per heavy atom. The fourth-order valence-electron chi connectivity index (χ4n) is 1.50. The fraction of sp³-hybridized carbons (Fsp3) is 0.462. The molecular formula is C13H17BrFNO2. The molecule has 0 atom stereocenters. The third-order valence-corrected chi connectivity index (χ3v) is 3.33. The van der Waals surface area contributed by atoms with Crippen LogP contribution < -0.4 is 5.32 Å². The number of benzene rings is 1. The highest BCUT2D eigenvalue weighted by Gasteiger charge is 2.28. The number of nitrogens with one attached hydrogen (secondary N) is 1. The molecule has 3 nitrogen and oxygen atoms in total. The zero-order chi connectivity index (χ0) is 13.9. The quantitative estimate of drug-likeness (QED) is 0.864. The number of hydrogen-bond acceptors (Lipinski definition) is 3. The lowest BCUT2D eigenvalue weighted by Gasteiger charge is -2.23. The van der Waals surface area contributed by atoms with Crippen molar-refractivity contribution in [2.75, 3.05) is 19.0 Å². The van der Waals surface area contributed by atoms with Crippen molar-refractivity contribution in [2.45, 2.75) is 20.8 Å². The summed E-state index contributed by atoms with van der Waals surface area (Å²) in [5, 5.41) is 3.07. The van der Waals surface area contributed by atoms with Crippen molar-refractivity contribution in [3.8, 4) is 0 Å². The topological polar surface area (TPSA) is 38.3 Å². The monoisotopic (exact) mass is 317 g/mol. The van der Waals surface area contributed by atoms with Crippen molar-refractivity contribution in [3.05, 3.63) is 28.0 Å². The van der Waals surface area contributed by atoms with Crippen molar-refractivity contribution >= 4 is 27.6 Å². The van der Waals surface area contributed by atoms with Gasteiger partial charge in [0.05, 0.1) is 17.0 Å². The summed E-state index contributed by atoms with van der Waals surface area (Å²) in [5.74, 6) is -0.635. The first-order valence-electron chi connectivity index (χ1n) is 5.56. The molecule has 0 aliphatic heterocycles. The predicted octanol–water partition coefficient (Wildman–Crippen LogP) is 3.51. The van der Waals surface area contributed by atoms with Gasteiger partial charge in [0, 0.05) is 12.2 Å². The summed E-state index contributed by atoms with van der Waals surface area (Å²) in [7, 11) is 1.36. The number of rotatable bonds is 4. The van der Waals surface area contributed by atoms with Crippen molar-refractivity contribution in [1.82, 2.24) is 0 Å². The summed E-state index contributed by atoms with van der Waals surface area (Å²) in [6.07, 6.45) is 0. The maximum atomic E-state index is 13.4. The van der Waals surface area contributed by atoms with Crippen molar-refractivity contribution in [2.24, 2.45) is 5.41 Å². The van der Waals surface area contributed by atoms with Crippen LogP contribution in [0.15, 0.2) is 16.6 Å². The Morgan fingerprint density at radius 1 is 1.50 bits per heavy atom. The molecule has 0 heterocycles. The van der Waals surface area contributed by atoms with E-state index >= 15 is 0 Å². The van der Waals surface area contributed by atoms with Gasteiger partial charge in [-0.2, -0.15) is 0 Å². The van der Waals surface area contributed by atoms with E-state index in [1.54, 1.807) is 19.9 Å². The van der Waals surface area contributed by atoms with E-state index in [9.17, 15) is 9.18 Å². The molecule has 0 amide bonds. The Balaban J connectivity index is 2.81. The van der Waals surface area contributed by atoms with Gasteiger partial charge < -0.3 is 10.1 Å². The molecule has 1 aromatic carbocycles. The average Bonchev–Trinajstić information content (AvgIpc) is 2.31. The highest BCUT2D eigenvalue weighted by atomic mass is 79.9. The average molecular weight is 318 g/mol. The molecule has 0 aromatic heterocycles. The minimum Gasteiger partial charge on any atom is -0.469 e. The molecule has 18 heavy (non-hydrogen) atoms. The summed E-state index contributed by atoms with van der Waals surface area (Å²) >= 11 is 3.13. The minimum atomic E-state index is -0.662. The van der Waals surface area contributed by atoms with Gasteiger partial charge in [-0.3, -0.25) is 4.79 Å². The number of hydrogen-bond donors (Lipinski definition) is 1. The van der Waals surface area contributed by atoms with Crippen molar-refractivity contribution in [1.29, 1.82) is 0 Å². The van der Waals surface area contributed by atoms with Crippen LogP contribution in [0.25, 0.3) is 0 Å². The summed E-state index contributed by atoms with van der Waals surface area (Å²) in [4.78, 5) is 11.5. The first-order valence-corrected chi connectivity index (χ1v) is 6.35. The van der Waals surface area contributed by atoms with Crippen LogP contribution in [0.5, 0.6) is 0 Å². The molecule has 0 bridgehead atoms. The van der Waals surface area contributed by atoms with Gasteiger partial charge in [-0.1, -0.05) is 0 Å². The minimum absolute atomic E-state index is 0.301. The van der Waals surface area contributed by atoms with Crippen LogP contribution in [0.1, 0.15) is 19.4 Å². The maximum Gasteiger partial charge on any atom is 0.313 e. The van der Waals surface area contributed by atoms with Gasteiger partial charge in [-0.25, -0.2) is 4.39 Å². The Kier molecular flexibility index (Phi) is 4.73. The molecular weight excluding hydrogens is 301 g/mol. The normalized spacial score (nSPS) is 11.2. The van der Waals surface area contributed by atoms with E-state index < -0.39 is 5.41 Å². The second-order valence-corrected chi connectivity index (χ2v) is 5.66. The third-order valence-electron chi connectivity index (χ3n) is 2.73. The number of esters is 1. The van der Waals surface area contributed by atoms with Crippen LogP contribution in [0, 0.1) is 18.2 Å². The molecule has 0 aliphatic carbocycles. The number of aryl methyl sites for hydroxylation is 1. The van der Waals surface area contributed by atoms with Gasteiger partial charge in [0.2, 0.25) is 0 Å². The smallest absolute Gasteiger partial charge is 0.313 e. The van der Waals surface area contributed by atoms with Crippen LogP contribution in [-0.2, 0) is 9.53 Å². The summed E-state index contributed by atoms with van der Waals surface area (Å²) in [5.41, 5.74) is 0.918. The lowest BCUT2D eigenvalue weighted by Crippen LogP contribution is -2.33. The highest BCUT2D eigenvalue weighted by Crippen LogP contribution is 2.25. The number of carbonyl (C=O) groups is 1. The molecule has 0 spiro atoms. The largest absolute Gasteiger partial charge is 0.469 e. The molecule has 5 heteroatoms. The van der Waals surface area contributed by atoms with Gasteiger partial charge in [-0.15, -0.1) is 0 Å². The molecule has 0 radical (unpaired) electrons. The summed E-state index contributed by atoms with van der Waals surface area (Å²) in [6.45, 7) is 5.80. The van der Waals surface area contributed by atoms with E-state index in [4.69, 9.17) is 4.74 Å². The Bertz CT molecular complexity index is 461. The Hall–Kier alpha value is -1.10. The van der Waals surface area contributed by atoms with Crippen LogP contribution in [0.3, 0.4) is 0 Å². The summed E-state index contributed by atoms with van der Waals surface area (Å²) in [6, 6.07) is 3.11. The van der Waals surface area contributed by atoms with Crippen LogP contribution in [0.2, 0.25) is 0 Å². The number of anilines is 1. The van der Waals surface area contributed by atoms with Gasteiger partial charge in [-0.05, 0) is 54.4 Å². The van der Waals surface area contributed by atoms with Crippen LogP contribution in [0.4, 0.5) is 10.1 Å². The molecule has 1 rings (SSSR count). The zero-order valence-corrected chi connectivity index (χ0v) is 12.5. The fourth-order valence-corrected chi connectivity index (χ4v) is 1.96. The Morgan fingerprint density at radius 3 is 2.67 bits per heavy atom. The van der Waals surface area contributed by atoms with Crippen LogP contribution in [-0.4, -0.2) is 19.6 Å². The number of carbonyl (C=O) groups excluding carboxylic acids is 1. The second kappa shape index (κ2) is 5.69. The number of halogens is 2. The van der Waals surface area contributed by atoms with Gasteiger partial charge in [0.15, 0.2) is 0 Å². The molecule has 0 saturated heterocycles. The van der Waals surface area contributed by atoms with E-state index in [-0.39, 0.29) is 11.8 Å². The van der Waals surface area contributed by atoms with E-state index in [1.807, 2.05) is 6.92 Å². The number of ether oxygens (including phenoxy) is 1. The zero-order valence-electron chi connectivity index (χ0n) is 10.9. The second-order valence-electron chi connectivity index (χ2n) is 4.81. The molecule has 0 fully saturated rings. The highest BCUT2D eigenvalue weighted by molar-refractivity contribution is 9.10. The Labute approximate surface area is 115 Å². The van der Waals surface area contributed by atoms with E-state index in [2.05, 4.69) is 21.2 Å². The van der Waals surface area contributed by atoms with Crippen molar-refractivity contribution < 1.29 is 13.9 Å². The molecule has 0 aliphatic rings. The first kappa shape index (κ1) is 15.0. The molecule has 1 N–H and O–H groups in total. The molecule has 0 saturated carbocycles. The third kappa shape index (κ3) is 3.45. The predicted molar refractivity (Wildman–Crippen MR) is 73.1 cm³/mol. The van der Waals surface area contributed by atoms with E-state index in [0.29, 0.717) is 16.7 Å². The first-order chi connectivity index (χ1) is 8.27. The lowest BCUT2D eigenvalue weighted by molar-refractivity contribution is -0.149.